The van der Waals surface area contributed by atoms with Crippen LogP contribution in [0.4, 0.5) is 4.39 Å². The van der Waals surface area contributed by atoms with Gasteiger partial charge in [0.2, 0.25) is 0 Å². The molecule has 1 unspecified atom stereocenters. The summed E-state index contributed by atoms with van der Waals surface area (Å²) in [6, 6.07) is 1.61. The third-order valence-corrected chi connectivity index (χ3v) is 3.49. The Hall–Kier alpha value is -1.26. The molecular weight excluding hydrogens is 223 g/mol. The van der Waals surface area contributed by atoms with Gasteiger partial charge in [0.05, 0.1) is 12.2 Å². The maximum absolute atomic E-state index is 13.7. The van der Waals surface area contributed by atoms with E-state index in [2.05, 4.69) is 21.1 Å². The van der Waals surface area contributed by atoms with E-state index in [9.17, 15) is 4.39 Å². The molecule has 0 bridgehead atoms. The zero-order valence-corrected chi connectivity index (χ0v) is 10.0. The number of nitrogens with zero attached hydrogens (tertiary/aromatic N) is 1. The summed E-state index contributed by atoms with van der Waals surface area (Å²) >= 11 is 1.63. The van der Waals surface area contributed by atoms with Crippen LogP contribution < -0.4 is 5.32 Å². The van der Waals surface area contributed by atoms with Crippen LogP contribution in [0.15, 0.2) is 29.2 Å². The number of rotatable bonds is 3. The standard InChI is InChI=1S/C12H13FN2S/c1-8-6-16-7-10(8)12(14-2)9-3-4-15-5-11(9)13/h3-7,12,14H,1-2H3. The first kappa shape index (κ1) is 11.2. The van der Waals surface area contributed by atoms with E-state index in [1.165, 1.54) is 11.8 Å². The van der Waals surface area contributed by atoms with E-state index in [4.69, 9.17) is 0 Å². The van der Waals surface area contributed by atoms with Crippen LogP contribution in [0.3, 0.4) is 0 Å². The van der Waals surface area contributed by atoms with Crippen molar-refractivity contribution in [3.63, 3.8) is 0 Å². The lowest BCUT2D eigenvalue weighted by atomic mass is 9.99. The molecule has 2 rings (SSSR count). The summed E-state index contributed by atoms with van der Waals surface area (Å²) in [6.07, 6.45) is 2.87. The number of pyridine rings is 1. The molecule has 2 aromatic heterocycles. The van der Waals surface area contributed by atoms with Gasteiger partial charge in [-0.3, -0.25) is 4.98 Å². The van der Waals surface area contributed by atoms with Crippen molar-refractivity contribution in [3.05, 3.63) is 51.7 Å². The van der Waals surface area contributed by atoms with E-state index < -0.39 is 0 Å². The summed E-state index contributed by atoms with van der Waals surface area (Å²) in [5.74, 6) is -0.271. The van der Waals surface area contributed by atoms with Crippen LogP contribution in [-0.4, -0.2) is 12.0 Å². The van der Waals surface area contributed by atoms with Crippen LogP contribution in [0.2, 0.25) is 0 Å². The molecule has 2 nitrogen and oxygen atoms in total. The molecule has 0 amide bonds. The number of hydrogen-bond donors (Lipinski definition) is 1. The second-order valence-corrected chi connectivity index (χ2v) is 4.37. The molecule has 0 aromatic carbocycles. The molecular formula is C12H13FN2S. The minimum Gasteiger partial charge on any atom is -0.309 e. The van der Waals surface area contributed by atoms with Crippen molar-refractivity contribution in [1.29, 1.82) is 0 Å². The lowest BCUT2D eigenvalue weighted by Crippen LogP contribution is -2.19. The van der Waals surface area contributed by atoms with Gasteiger partial charge in [0.15, 0.2) is 0 Å². The molecule has 2 aromatic rings. The van der Waals surface area contributed by atoms with Gasteiger partial charge in [-0.25, -0.2) is 4.39 Å². The van der Waals surface area contributed by atoms with E-state index in [0.717, 1.165) is 5.56 Å². The number of halogens is 1. The normalized spacial score (nSPS) is 12.7. The van der Waals surface area contributed by atoms with E-state index in [0.29, 0.717) is 5.56 Å². The Morgan fingerprint density at radius 1 is 1.38 bits per heavy atom. The fourth-order valence-electron chi connectivity index (χ4n) is 1.76. The molecule has 0 saturated carbocycles. The Morgan fingerprint density at radius 2 is 2.19 bits per heavy atom. The lowest BCUT2D eigenvalue weighted by Gasteiger charge is -2.17. The van der Waals surface area contributed by atoms with Gasteiger partial charge < -0.3 is 5.32 Å². The molecule has 16 heavy (non-hydrogen) atoms. The SMILES string of the molecule is CNC(c1cscc1C)c1ccncc1F. The van der Waals surface area contributed by atoms with Crippen molar-refractivity contribution in [2.45, 2.75) is 13.0 Å². The molecule has 0 aliphatic rings. The third-order valence-electron chi connectivity index (χ3n) is 2.61. The van der Waals surface area contributed by atoms with Gasteiger partial charge in [-0.2, -0.15) is 11.3 Å². The first-order valence-corrected chi connectivity index (χ1v) is 5.97. The Labute approximate surface area is 98.2 Å². The summed E-state index contributed by atoms with van der Waals surface area (Å²) < 4.78 is 13.7. The van der Waals surface area contributed by atoms with E-state index in [-0.39, 0.29) is 11.9 Å². The quantitative estimate of drug-likeness (QED) is 0.886. The molecule has 1 atom stereocenters. The minimum atomic E-state index is -0.271. The van der Waals surface area contributed by atoms with Gasteiger partial charge in [-0.1, -0.05) is 0 Å². The number of thiophene rings is 1. The highest BCUT2D eigenvalue weighted by molar-refractivity contribution is 7.08. The number of nitrogens with one attached hydrogen (secondary N) is 1. The van der Waals surface area contributed by atoms with Gasteiger partial charge in [-0.05, 0) is 41.9 Å². The predicted octanol–water partition coefficient (Wildman–Crippen LogP) is 2.90. The van der Waals surface area contributed by atoms with Crippen LogP contribution in [0.1, 0.15) is 22.7 Å². The van der Waals surface area contributed by atoms with E-state index in [1.807, 2.05) is 14.0 Å². The van der Waals surface area contributed by atoms with Gasteiger partial charge in [0.25, 0.3) is 0 Å². The highest BCUT2D eigenvalue weighted by Gasteiger charge is 2.18. The van der Waals surface area contributed by atoms with Gasteiger partial charge in [-0.15, -0.1) is 0 Å². The third kappa shape index (κ3) is 1.99. The zero-order valence-electron chi connectivity index (χ0n) is 9.20. The predicted molar refractivity (Wildman–Crippen MR) is 64.2 cm³/mol. The smallest absolute Gasteiger partial charge is 0.146 e. The summed E-state index contributed by atoms with van der Waals surface area (Å²) in [5.41, 5.74) is 2.94. The monoisotopic (exact) mass is 236 g/mol. The summed E-state index contributed by atoms with van der Waals surface area (Å²) in [5, 5.41) is 7.26. The van der Waals surface area contributed by atoms with Crippen LogP contribution in [0.25, 0.3) is 0 Å². The van der Waals surface area contributed by atoms with Crippen molar-refractivity contribution in [3.8, 4) is 0 Å². The molecule has 0 fully saturated rings. The molecule has 4 heteroatoms. The van der Waals surface area contributed by atoms with Crippen LogP contribution >= 0.6 is 11.3 Å². The molecule has 0 radical (unpaired) electrons. The average molecular weight is 236 g/mol. The first-order valence-electron chi connectivity index (χ1n) is 5.03. The van der Waals surface area contributed by atoms with E-state index >= 15 is 0 Å². The Bertz CT molecular complexity index is 481. The Balaban J connectivity index is 2.45. The molecule has 0 aliphatic heterocycles. The molecule has 0 saturated heterocycles. The van der Waals surface area contributed by atoms with Crippen molar-refractivity contribution < 1.29 is 4.39 Å². The van der Waals surface area contributed by atoms with Gasteiger partial charge in [0.1, 0.15) is 5.82 Å². The lowest BCUT2D eigenvalue weighted by molar-refractivity contribution is 0.570. The molecule has 84 valence electrons. The highest BCUT2D eigenvalue weighted by Crippen LogP contribution is 2.28. The van der Waals surface area contributed by atoms with Gasteiger partial charge in [0, 0.05) is 11.8 Å². The van der Waals surface area contributed by atoms with Gasteiger partial charge >= 0.3 is 0 Å². The molecule has 1 N–H and O–H groups in total. The molecule has 0 aliphatic carbocycles. The largest absolute Gasteiger partial charge is 0.309 e. The van der Waals surface area contributed by atoms with Crippen LogP contribution in [0.5, 0.6) is 0 Å². The highest BCUT2D eigenvalue weighted by atomic mass is 32.1. The van der Waals surface area contributed by atoms with Crippen molar-refractivity contribution in [2.75, 3.05) is 7.05 Å². The first-order chi connectivity index (χ1) is 7.74. The average Bonchev–Trinajstić information content (AvgIpc) is 2.69. The van der Waals surface area contributed by atoms with Crippen molar-refractivity contribution >= 4 is 11.3 Å². The number of hydrogen-bond acceptors (Lipinski definition) is 3. The van der Waals surface area contributed by atoms with Crippen molar-refractivity contribution in [2.24, 2.45) is 0 Å². The van der Waals surface area contributed by atoms with E-state index in [1.54, 1.807) is 23.6 Å². The summed E-state index contributed by atoms with van der Waals surface area (Å²) in [6.45, 7) is 2.04. The fourth-order valence-corrected chi connectivity index (χ4v) is 2.64. The summed E-state index contributed by atoms with van der Waals surface area (Å²) in [7, 11) is 1.83. The molecule has 0 spiro atoms. The Kier molecular flexibility index (Phi) is 3.31. The Morgan fingerprint density at radius 3 is 2.75 bits per heavy atom. The van der Waals surface area contributed by atoms with Crippen molar-refractivity contribution in [1.82, 2.24) is 10.3 Å². The minimum absolute atomic E-state index is 0.103. The summed E-state index contributed by atoms with van der Waals surface area (Å²) in [4.78, 5) is 3.77. The number of aromatic nitrogens is 1. The topological polar surface area (TPSA) is 24.9 Å². The maximum atomic E-state index is 13.7. The maximum Gasteiger partial charge on any atom is 0.146 e. The second-order valence-electron chi connectivity index (χ2n) is 3.63. The molecule has 2 heterocycles. The van der Waals surface area contributed by atoms with Crippen LogP contribution in [0, 0.1) is 12.7 Å². The number of aryl methyl sites for hydroxylation is 1. The fraction of sp³-hybridized carbons (Fsp3) is 0.250. The zero-order chi connectivity index (χ0) is 11.5. The van der Waals surface area contributed by atoms with Crippen LogP contribution in [-0.2, 0) is 0 Å². The second kappa shape index (κ2) is 4.72.